The molecule has 150 valence electrons. The molecule has 0 atom stereocenters. The van der Waals surface area contributed by atoms with Gasteiger partial charge in [0, 0.05) is 26.2 Å². The van der Waals surface area contributed by atoms with E-state index in [1.807, 2.05) is 6.92 Å². The Labute approximate surface area is 171 Å². The van der Waals surface area contributed by atoms with Crippen molar-refractivity contribution in [3.8, 4) is 0 Å². The summed E-state index contributed by atoms with van der Waals surface area (Å²) in [7, 11) is -3.09. The van der Waals surface area contributed by atoms with Gasteiger partial charge in [0.2, 0.25) is 10.0 Å². The first-order valence-corrected chi connectivity index (χ1v) is 11.2. The van der Waals surface area contributed by atoms with Gasteiger partial charge in [0.25, 0.3) is 0 Å². The van der Waals surface area contributed by atoms with Gasteiger partial charge in [-0.3, -0.25) is 4.99 Å². The molecule has 25 heavy (non-hydrogen) atoms. The Balaban J connectivity index is 0.00000576. The lowest BCUT2D eigenvalue weighted by Gasteiger charge is -2.12. The Bertz CT molecular complexity index is 452. The van der Waals surface area contributed by atoms with Gasteiger partial charge in [-0.25, -0.2) is 13.1 Å². The highest BCUT2D eigenvalue weighted by Gasteiger charge is 2.13. The van der Waals surface area contributed by atoms with Gasteiger partial charge in [-0.05, 0) is 32.6 Å². The van der Waals surface area contributed by atoms with Crippen LogP contribution in [-0.4, -0.2) is 46.3 Å². The Morgan fingerprint density at radius 3 is 2.40 bits per heavy atom. The first-order chi connectivity index (χ1) is 11.6. The summed E-state index contributed by atoms with van der Waals surface area (Å²) < 4.78 is 25.2. The van der Waals surface area contributed by atoms with E-state index in [2.05, 4.69) is 20.3 Å². The molecule has 0 aromatic heterocycles. The number of aliphatic imine (C=N–C) groups is 1. The Kier molecular flexibility index (Phi) is 15.0. The number of unbranched alkanes of at least 4 members (excludes halogenated alkanes) is 1. The Hall–Kier alpha value is -0.0900. The van der Waals surface area contributed by atoms with Crippen molar-refractivity contribution in [3.05, 3.63) is 0 Å². The number of sulfonamides is 1. The van der Waals surface area contributed by atoms with E-state index < -0.39 is 10.0 Å². The summed E-state index contributed by atoms with van der Waals surface area (Å²) in [6.07, 6.45) is 10.2. The first-order valence-electron chi connectivity index (χ1n) is 9.57. The topological polar surface area (TPSA) is 82.6 Å². The maximum atomic E-state index is 11.3. The molecule has 1 saturated carbocycles. The van der Waals surface area contributed by atoms with Crippen LogP contribution >= 0.6 is 24.0 Å². The van der Waals surface area contributed by atoms with E-state index in [0.29, 0.717) is 19.5 Å². The third-order valence-corrected chi connectivity index (χ3v) is 5.86. The number of hydrogen-bond donors (Lipinski definition) is 3. The van der Waals surface area contributed by atoms with E-state index >= 15 is 0 Å². The minimum absolute atomic E-state index is 0. The zero-order chi connectivity index (χ0) is 17.7. The van der Waals surface area contributed by atoms with Crippen LogP contribution in [0, 0.1) is 5.92 Å². The quantitative estimate of drug-likeness (QED) is 0.171. The maximum Gasteiger partial charge on any atom is 0.211 e. The van der Waals surface area contributed by atoms with Gasteiger partial charge in [-0.2, -0.15) is 0 Å². The summed E-state index contributed by atoms with van der Waals surface area (Å²) in [6, 6.07) is 0. The molecule has 8 heteroatoms. The Morgan fingerprint density at radius 2 is 1.76 bits per heavy atom. The molecule has 0 heterocycles. The third kappa shape index (κ3) is 12.8. The van der Waals surface area contributed by atoms with Crippen LogP contribution < -0.4 is 15.4 Å². The molecule has 0 saturated heterocycles. The second kappa shape index (κ2) is 15.0. The van der Waals surface area contributed by atoms with Crippen LogP contribution in [0.4, 0.5) is 0 Å². The lowest BCUT2D eigenvalue weighted by molar-refractivity contribution is 0.472. The highest BCUT2D eigenvalue weighted by Crippen LogP contribution is 2.28. The van der Waals surface area contributed by atoms with Crippen LogP contribution in [0.2, 0.25) is 0 Å². The number of rotatable bonds is 12. The zero-order valence-electron chi connectivity index (χ0n) is 15.8. The van der Waals surface area contributed by atoms with Gasteiger partial charge < -0.3 is 10.6 Å². The molecule has 0 aromatic carbocycles. The van der Waals surface area contributed by atoms with E-state index in [1.54, 1.807) is 6.92 Å². The minimum Gasteiger partial charge on any atom is -0.357 e. The molecular formula is C17H37IN4O2S. The number of guanidine groups is 1. The molecule has 0 aromatic rings. The van der Waals surface area contributed by atoms with Crippen LogP contribution in [0.25, 0.3) is 0 Å². The molecule has 3 N–H and O–H groups in total. The van der Waals surface area contributed by atoms with Crippen LogP contribution in [0.3, 0.4) is 0 Å². The molecule has 1 fully saturated rings. The van der Waals surface area contributed by atoms with Crippen LogP contribution in [-0.2, 0) is 10.0 Å². The van der Waals surface area contributed by atoms with Gasteiger partial charge in [0.15, 0.2) is 5.96 Å². The second-order valence-electron chi connectivity index (χ2n) is 6.49. The molecule has 1 aliphatic rings. The van der Waals surface area contributed by atoms with Crippen molar-refractivity contribution in [2.75, 3.05) is 31.9 Å². The summed E-state index contributed by atoms with van der Waals surface area (Å²) >= 11 is 0. The van der Waals surface area contributed by atoms with Gasteiger partial charge in [-0.1, -0.05) is 38.5 Å². The first kappa shape index (κ1) is 24.9. The average molecular weight is 488 g/mol. The third-order valence-electron chi connectivity index (χ3n) is 4.46. The smallest absolute Gasteiger partial charge is 0.211 e. The van der Waals surface area contributed by atoms with Crippen molar-refractivity contribution < 1.29 is 8.42 Å². The standard InChI is InChI=1S/C17H36N4O2S.HI/c1-3-18-17(20-14-9-15-21-24(22,23)4-2)19-13-8-7-12-16-10-5-6-11-16;/h16,21H,3-15H2,1-2H3,(H2,18,19,20);1H. The van der Waals surface area contributed by atoms with Gasteiger partial charge in [0.1, 0.15) is 0 Å². The van der Waals surface area contributed by atoms with Gasteiger partial charge >= 0.3 is 0 Å². The molecule has 6 nitrogen and oxygen atoms in total. The van der Waals surface area contributed by atoms with E-state index in [4.69, 9.17) is 0 Å². The van der Waals surface area contributed by atoms with Crippen molar-refractivity contribution in [1.82, 2.24) is 15.4 Å². The van der Waals surface area contributed by atoms with E-state index in [1.165, 1.54) is 44.9 Å². The lowest BCUT2D eigenvalue weighted by Crippen LogP contribution is -2.38. The molecule has 1 rings (SSSR count). The number of nitrogens with zero attached hydrogens (tertiary/aromatic N) is 1. The summed E-state index contributed by atoms with van der Waals surface area (Å²) in [6.45, 7) is 6.52. The van der Waals surface area contributed by atoms with E-state index in [-0.39, 0.29) is 29.7 Å². The second-order valence-corrected chi connectivity index (χ2v) is 8.58. The van der Waals surface area contributed by atoms with Crippen LogP contribution in [0.1, 0.15) is 65.2 Å². The van der Waals surface area contributed by atoms with Crippen molar-refractivity contribution in [3.63, 3.8) is 0 Å². The summed E-state index contributed by atoms with van der Waals surface area (Å²) in [4.78, 5) is 4.49. The lowest BCUT2D eigenvalue weighted by atomic mass is 10.0. The van der Waals surface area contributed by atoms with Gasteiger partial charge in [0.05, 0.1) is 5.75 Å². The monoisotopic (exact) mass is 488 g/mol. The highest BCUT2D eigenvalue weighted by atomic mass is 127. The fourth-order valence-electron chi connectivity index (χ4n) is 3.01. The molecular weight excluding hydrogens is 451 g/mol. The predicted octanol–water partition coefficient (Wildman–Crippen LogP) is 2.85. The highest BCUT2D eigenvalue weighted by molar-refractivity contribution is 14.0. The molecule has 0 bridgehead atoms. The number of hydrogen-bond acceptors (Lipinski definition) is 3. The molecule has 0 aliphatic heterocycles. The van der Waals surface area contributed by atoms with Crippen molar-refractivity contribution >= 4 is 40.0 Å². The van der Waals surface area contributed by atoms with Crippen molar-refractivity contribution in [2.24, 2.45) is 10.9 Å². The summed E-state index contributed by atoms with van der Waals surface area (Å²) in [5, 5.41) is 6.60. The van der Waals surface area contributed by atoms with Crippen molar-refractivity contribution in [2.45, 2.75) is 65.2 Å². The summed E-state index contributed by atoms with van der Waals surface area (Å²) in [5.41, 5.74) is 0. The molecule has 0 unspecified atom stereocenters. The van der Waals surface area contributed by atoms with Crippen molar-refractivity contribution in [1.29, 1.82) is 0 Å². The fraction of sp³-hybridized carbons (Fsp3) is 0.941. The molecule has 1 aliphatic carbocycles. The Morgan fingerprint density at radius 1 is 1.04 bits per heavy atom. The van der Waals surface area contributed by atoms with E-state index in [9.17, 15) is 8.42 Å². The molecule has 0 radical (unpaired) electrons. The average Bonchev–Trinajstić information content (AvgIpc) is 3.07. The SMILES string of the molecule is CCNC(=NCCCNS(=O)(=O)CC)NCCCCC1CCCC1.I. The van der Waals surface area contributed by atoms with Crippen LogP contribution in [0.15, 0.2) is 4.99 Å². The predicted molar refractivity (Wildman–Crippen MR) is 117 cm³/mol. The largest absolute Gasteiger partial charge is 0.357 e. The minimum atomic E-state index is -3.09. The van der Waals surface area contributed by atoms with Crippen LogP contribution in [0.5, 0.6) is 0 Å². The van der Waals surface area contributed by atoms with E-state index in [0.717, 1.165) is 25.0 Å². The number of halogens is 1. The molecule has 0 spiro atoms. The molecule has 0 amide bonds. The zero-order valence-corrected chi connectivity index (χ0v) is 19.0. The maximum absolute atomic E-state index is 11.3. The van der Waals surface area contributed by atoms with Gasteiger partial charge in [-0.15, -0.1) is 24.0 Å². The normalized spacial score (nSPS) is 15.8. The number of nitrogens with one attached hydrogen (secondary N) is 3. The summed E-state index contributed by atoms with van der Waals surface area (Å²) in [5.74, 6) is 1.93. The fourth-order valence-corrected chi connectivity index (χ4v) is 3.66.